The minimum absolute atomic E-state index is 0.251. The van der Waals surface area contributed by atoms with Crippen LogP contribution in [-0.4, -0.2) is 42.0 Å². The summed E-state index contributed by atoms with van der Waals surface area (Å²) in [6.07, 6.45) is 2.57. The minimum Gasteiger partial charge on any atom is -0.452 e. The Bertz CT molecular complexity index is 855. The summed E-state index contributed by atoms with van der Waals surface area (Å²) in [5, 5.41) is 5.97. The van der Waals surface area contributed by atoms with Crippen molar-refractivity contribution in [2.24, 2.45) is 5.10 Å². The van der Waals surface area contributed by atoms with Crippen molar-refractivity contribution >= 4 is 41.0 Å². The Labute approximate surface area is 161 Å². The number of halogens is 1. The van der Waals surface area contributed by atoms with Gasteiger partial charge in [0.05, 0.1) is 22.8 Å². The molecule has 0 N–H and O–H groups in total. The molecular weight excluding hydrogens is 372 g/mol. The van der Waals surface area contributed by atoms with Gasteiger partial charge < -0.3 is 4.74 Å². The summed E-state index contributed by atoms with van der Waals surface area (Å²) in [7, 11) is 0. The summed E-state index contributed by atoms with van der Waals surface area (Å²) in [6, 6.07) is 14.8. The van der Waals surface area contributed by atoms with Crippen molar-refractivity contribution in [3.63, 3.8) is 0 Å². The Morgan fingerprint density at radius 3 is 2.73 bits per heavy atom. The standard InChI is InChI=1S/C19H17ClN2O3S/c1-26-14-7-8-16(20)15(11-14)19(24)25-12-18(23)22-10-9-17(21-22)13-5-3-2-4-6-13/h2-8,11H,9-10,12H2,1H3. The maximum absolute atomic E-state index is 12.3. The molecule has 1 amide bonds. The van der Waals surface area contributed by atoms with E-state index in [0.29, 0.717) is 18.0 Å². The highest BCUT2D eigenvalue weighted by atomic mass is 35.5. The zero-order valence-corrected chi connectivity index (χ0v) is 15.7. The van der Waals surface area contributed by atoms with Crippen molar-refractivity contribution < 1.29 is 14.3 Å². The lowest BCUT2D eigenvalue weighted by atomic mass is 10.1. The highest BCUT2D eigenvalue weighted by Gasteiger charge is 2.23. The van der Waals surface area contributed by atoms with Gasteiger partial charge in [0.1, 0.15) is 0 Å². The number of benzene rings is 2. The summed E-state index contributed by atoms with van der Waals surface area (Å²) in [5.74, 6) is -0.980. The molecule has 0 unspecified atom stereocenters. The van der Waals surface area contributed by atoms with Crippen LogP contribution in [0.4, 0.5) is 0 Å². The fourth-order valence-corrected chi connectivity index (χ4v) is 3.17. The summed E-state index contributed by atoms with van der Waals surface area (Å²) in [6.45, 7) is 0.105. The van der Waals surface area contributed by atoms with Crippen LogP contribution in [0.5, 0.6) is 0 Å². The first kappa shape index (κ1) is 18.5. The van der Waals surface area contributed by atoms with E-state index in [2.05, 4.69) is 5.10 Å². The van der Waals surface area contributed by atoms with Crippen molar-refractivity contribution in [1.82, 2.24) is 5.01 Å². The zero-order valence-electron chi connectivity index (χ0n) is 14.1. The van der Waals surface area contributed by atoms with Crippen LogP contribution in [-0.2, 0) is 9.53 Å². The molecule has 0 atom stereocenters. The van der Waals surface area contributed by atoms with Crippen molar-refractivity contribution in [3.8, 4) is 0 Å². The number of carbonyl (C=O) groups excluding carboxylic acids is 2. The number of thioether (sulfide) groups is 1. The van der Waals surface area contributed by atoms with Gasteiger partial charge in [-0.15, -0.1) is 11.8 Å². The Morgan fingerprint density at radius 2 is 2.00 bits per heavy atom. The van der Waals surface area contributed by atoms with E-state index in [9.17, 15) is 9.59 Å². The van der Waals surface area contributed by atoms with E-state index in [-0.39, 0.29) is 18.1 Å². The summed E-state index contributed by atoms with van der Waals surface area (Å²) in [5.41, 5.74) is 2.09. The highest BCUT2D eigenvalue weighted by molar-refractivity contribution is 7.98. The maximum atomic E-state index is 12.3. The van der Waals surface area contributed by atoms with Gasteiger partial charge in [0, 0.05) is 11.3 Å². The first-order valence-electron chi connectivity index (χ1n) is 8.02. The minimum atomic E-state index is -0.620. The van der Waals surface area contributed by atoms with Crippen molar-refractivity contribution in [2.45, 2.75) is 11.3 Å². The number of esters is 1. The summed E-state index contributed by atoms with van der Waals surface area (Å²) >= 11 is 7.54. The number of hydrazone groups is 1. The largest absolute Gasteiger partial charge is 0.452 e. The molecule has 3 rings (SSSR count). The third-order valence-corrected chi connectivity index (χ3v) is 4.97. The molecule has 1 heterocycles. The summed E-state index contributed by atoms with van der Waals surface area (Å²) < 4.78 is 5.13. The molecule has 0 radical (unpaired) electrons. The van der Waals surface area contributed by atoms with Crippen LogP contribution in [0.2, 0.25) is 5.02 Å². The molecule has 134 valence electrons. The third kappa shape index (κ3) is 4.26. The molecule has 0 spiro atoms. The molecule has 0 saturated heterocycles. The van der Waals surface area contributed by atoms with Crippen LogP contribution in [0, 0.1) is 0 Å². The van der Waals surface area contributed by atoms with Gasteiger partial charge in [-0.1, -0.05) is 41.9 Å². The van der Waals surface area contributed by atoms with Gasteiger partial charge >= 0.3 is 5.97 Å². The fourth-order valence-electron chi connectivity index (χ4n) is 2.54. The van der Waals surface area contributed by atoms with Crippen molar-refractivity contribution in [3.05, 3.63) is 64.7 Å². The van der Waals surface area contributed by atoms with E-state index in [1.54, 1.807) is 12.1 Å². The zero-order chi connectivity index (χ0) is 18.5. The number of hydrogen-bond acceptors (Lipinski definition) is 5. The molecule has 0 fully saturated rings. The molecule has 0 aliphatic carbocycles. The predicted octanol–water partition coefficient (Wildman–Crippen LogP) is 3.86. The number of rotatable bonds is 5. The van der Waals surface area contributed by atoms with Crippen molar-refractivity contribution in [2.75, 3.05) is 19.4 Å². The lowest BCUT2D eigenvalue weighted by Crippen LogP contribution is -2.28. The number of carbonyl (C=O) groups is 2. The third-order valence-electron chi connectivity index (χ3n) is 3.92. The van der Waals surface area contributed by atoms with E-state index in [1.165, 1.54) is 16.8 Å². The Kier molecular flexibility index (Phi) is 5.96. The second-order valence-electron chi connectivity index (χ2n) is 5.60. The average molecular weight is 389 g/mol. The number of hydrogen-bond donors (Lipinski definition) is 0. The van der Waals surface area contributed by atoms with Crippen LogP contribution in [0.3, 0.4) is 0 Å². The quantitative estimate of drug-likeness (QED) is 0.576. The lowest BCUT2D eigenvalue weighted by molar-refractivity contribution is -0.134. The van der Waals surface area contributed by atoms with E-state index in [0.717, 1.165) is 16.2 Å². The number of amides is 1. The van der Waals surface area contributed by atoms with Gasteiger partial charge in [0.25, 0.3) is 5.91 Å². The van der Waals surface area contributed by atoms with Crippen molar-refractivity contribution in [1.29, 1.82) is 0 Å². The molecule has 7 heteroatoms. The van der Waals surface area contributed by atoms with Crippen LogP contribution < -0.4 is 0 Å². The predicted molar refractivity (Wildman–Crippen MR) is 103 cm³/mol. The van der Waals surface area contributed by atoms with Crippen LogP contribution >= 0.6 is 23.4 Å². The molecule has 5 nitrogen and oxygen atoms in total. The Hall–Kier alpha value is -2.31. The topological polar surface area (TPSA) is 59.0 Å². The average Bonchev–Trinajstić information content (AvgIpc) is 3.17. The normalized spacial score (nSPS) is 13.5. The SMILES string of the molecule is CSc1ccc(Cl)c(C(=O)OCC(=O)N2CCC(c3ccccc3)=N2)c1. The van der Waals surface area contributed by atoms with E-state index >= 15 is 0 Å². The molecule has 2 aromatic rings. The fraction of sp³-hybridized carbons (Fsp3) is 0.211. The van der Waals surface area contributed by atoms with Gasteiger partial charge in [-0.3, -0.25) is 4.79 Å². The molecule has 1 aliphatic heterocycles. The molecular formula is C19H17ClN2O3S. The van der Waals surface area contributed by atoms with Gasteiger partial charge in [-0.05, 0) is 30.0 Å². The Morgan fingerprint density at radius 1 is 1.23 bits per heavy atom. The van der Waals surface area contributed by atoms with E-state index in [4.69, 9.17) is 16.3 Å². The van der Waals surface area contributed by atoms with Crippen LogP contribution in [0.25, 0.3) is 0 Å². The first-order valence-corrected chi connectivity index (χ1v) is 9.62. The second kappa shape index (κ2) is 8.38. The monoisotopic (exact) mass is 388 g/mol. The van der Waals surface area contributed by atoms with Gasteiger partial charge in [0.15, 0.2) is 6.61 Å². The van der Waals surface area contributed by atoms with Gasteiger partial charge in [0.2, 0.25) is 0 Å². The maximum Gasteiger partial charge on any atom is 0.340 e. The Balaban J connectivity index is 1.61. The van der Waals surface area contributed by atoms with Gasteiger partial charge in [-0.2, -0.15) is 5.10 Å². The molecule has 0 bridgehead atoms. The summed E-state index contributed by atoms with van der Waals surface area (Å²) in [4.78, 5) is 25.4. The number of ether oxygens (including phenoxy) is 1. The smallest absolute Gasteiger partial charge is 0.340 e. The molecule has 26 heavy (non-hydrogen) atoms. The van der Waals surface area contributed by atoms with E-state index < -0.39 is 5.97 Å². The number of nitrogens with zero attached hydrogens (tertiary/aromatic N) is 2. The lowest BCUT2D eigenvalue weighted by Gasteiger charge is -2.12. The second-order valence-corrected chi connectivity index (χ2v) is 6.89. The van der Waals surface area contributed by atoms with Gasteiger partial charge in [-0.25, -0.2) is 9.80 Å². The van der Waals surface area contributed by atoms with Crippen LogP contribution in [0.1, 0.15) is 22.3 Å². The van der Waals surface area contributed by atoms with Crippen LogP contribution in [0.15, 0.2) is 58.5 Å². The van der Waals surface area contributed by atoms with E-state index in [1.807, 2.05) is 42.7 Å². The molecule has 2 aromatic carbocycles. The highest BCUT2D eigenvalue weighted by Crippen LogP contribution is 2.23. The molecule has 0 saturated carbocycles. The molecule has 0 aromatic heterocycles. The molecule has 1 aliphatic rings. The first-order chi connectivity index (χ1) is 12.6.